The fourth-order valence-corrected chi connectivity index (χ4v) is 3.82. The molecule has 3 heteroatoms. The van der Waals surface area contributed by atoms with Gasteiger partial charge in [-0.25, -0.2) is 4.39 Å². The van der Waals surface area contributed by atoms with Crippen LogP contribution in [0.5, 0.6) is 5.75 Å². The predicted molar refractivity (Wildman–Crippen MR) is 73.6 cm³/mol. The molecule has 0 heterocycles. The van der Waals surface area contributed by atoms with Crippen molar-refractivity contribution in [2.45, 2.75) is 32.2 Å². The molecule has 1 aromatic rings. The number of methoxy groups -OCH3 is 1. The lowest BCUT2D eigenvalue weighted by atomic mass is 9.89. The quantitative estimate of drug-likeness (QED) is 0.879. The van der Waals surface area contributed by atoms with Crippen molar-refractivity contribution in [3.63, 3.8) is 0 Å². The number of hydrogen-bond acceptors (Lipinski definition) is 2. The first-order valence-corrected chi connectivity index (χ1v) is 7.29. The molecule has 0 spiro atoms. The molecule has 3 atom stereocenters. The predicted octanol–water partition coefficient (Wildman–Crippen LogP) is 3.36. The molecule has 2 fully saturated rings. The van der Waals surface area contributed by atoms with Gasteiger partial charge in [0.1, 0.15) is 11.6 Å². The lowest BCUT2D eigenvalue weighted by molar-refractivity contribution is 0.318. The van der Waals surface area contributed by atoms with Gasteiger partial charge in [0.15, 0.2) is 0 Å². The average Bonchev–Trinajstić information content (AvgIpc) is 3.03. The number of rotatable bonds is 5. The SMILES string of the molecule is COc1ccc(CNCC2CC3CCC2C3)c(F)c1. The van der Waals surface area contributed by atoms with E-state index < -0.39 is 0 Å². The van der Waals surface area contributed by atoms with Gasteiger partial charge in [-0.3, -0.25) is 0 Å². The molecule has 19 heavy (non-hydrogen) atoms. The van der Waals surface area contributed by atoms with Crippen LogP contribution in [0.25, 0.3) is 0 Å². The largest absolute Gasteiger partial charge is 0.497 e. The highest BCUT2D eigenvalue weighted by Crippen LogP contribution is 2.47. The zero-order valence-corrected chi connectivity index (χ0v) is 11.5. The number of benzene rings is 1. The summed E-state index contributed by atoms with van der Waals surface area (Å²) >= 11 is 0. The molecular formula is C16H22FNO. The van der Waals surface area contributed by atoms with E-state index in [0.29, 0.717) is 12.3 Å². The van der Waals surface area contributed by atoms with E-state index >= 15 is 0 Å². The molecule has 2 aliphatic rings. The second-order valence-electron chi connectivity index (χ2n) is 6.02. The first-order chi connectivity index (χ1) is 9.26. The molecule has 2 nitrogen and oxygen atoms in total. The Morgan fingerprint density at radius 1 is 1.32 bits per heavy atom. The van der Waals surface area contributed by atoms with Crippen molar-refractivity contribution in [2.75, 3.05) is 13.7 Å². The van der Waals surface area contributed by atoms with Gasteiger partial charge in [-0.05, 0) is 49.6 Å². The number of nitrogens with one attached hydrogen (secondary N) is 1. The van der Waals surface area contributed by atoms with Crippen molar-refractivity contribution < 1.29 is 9.13 Å². The van der Waals surface area contributed by atoms with E-state index in [1.54, 1.807) is 7.11 Å². The van der Waals surface area contributed by atoms with E-state index in [1.165, 1.54) is 31.7 Å². The van der Waals surface area contributed by atoms with Crippen LogP contribution in [-0.2, 0) is 6.54 Å². The van der Waals surface area contributed by atoms with Gasteiger partial charge in [0.05, 0.1) is 7.11 Å². The van der Waals surface area contributed by atoms with Crippen molar-refractivity contribution >= 4 is 0 Å². The standard InChI is InChI=1S/C16H22FNO/c1-19-15-5-4-13(16(17)8-15)9-18-10-14-7-11-2-3-12(14)6-11/h4-5,8,11-12,14,18H,2-3,6-7,9-10H2,1H3. The highest BCUT2D eigenvalue weighted by Gasteiger charge is 2.38. The van der Waals surface area contributed by atoms with Gasteiger partial charge >= 0.3 is 0 Å². The molecule has 3 rings (SSSR count). The summed E-state index contributed by atoms with van der Waals surface area (Å²) in [7, 11) is 1.56. The van der Waals surface area contributed by atoms with Crippen molar-refractivity contribution in [1.29, 1.82) is 0 Å². The van der Waals surface area contributed by atoms with Gasteiger partial charge in [0.2, 0.25) is 0 Å². The van der Waals surface area contributed by atoms with Crippen molar-refractivity contribution in [3.05, 3.63) is 29.6 Å². The minimum absolute atomic E-state index is 0.181. The maximum atomic E-state index is 13.8. The normalized spacial score (nSPS) is 28.8. The van der Waals surface area contributed by atoms with Crippen LogP contribution >= 0.6 is 0 Å². The van der Waals surface area contributed by atoms with E-state index in [0.717, 1.165) is 29.9 Å². The van der Waals surface area contributed by atoms with Crippen LogP contribution in [-0.4, -0.2) is 13.7 Å². The first-order valence-electron chi connectivity index (χ1n) is 7.29. The van der Waals surface area contributed by atoms with Gasteiger partial charge < -0.3 is 10.1 Å². The summed E-state index contributed by atoms with van der Waals surface area (Å²) in [5.74, 6) is 3.13. The molecule has 2 saturated carbocycles. The maximum Gasteiger partial charge on any atom is 0.131 e. The molecule has 0 aliphatic heterocycles. The third-order valence-corrected chi connectivity index (χ3v) is 4.87. The van der Waals surface area contributed by atoms with Crippen LogP contribution in [0.4, 0.5) is 4.39 Å². The van der Waals surface area contributed by atoms with Crippen molar-refractivity contribution in [2.24, 2.45) is 17.8 Å². The number of ether oxygens (including phenoxy) is 1. The molecule has 0 amide bonds. The second-order valence-corrected chi connectivity index (χ2v) is 6.02. The first kappa shape index (κ1) is 12.9. The Bertz CT molecular complexity index is 448. The van der Waals surface area contributed by atoms with Crippen molar-refractivity contribution in [1.82, 2.24) is 5.32 Å². The van der Waals surface area contributed by atoms with Crippen LogP contribution in [0.15, 0.2) is 18.2 Å². The fourth-order valence-electron chi connectivity index (χ4n) is 3.82. The minimum Gasteiger partial charge on any atom is -0.497 e. The minimum atomic E-state index is -0.181. The highest BCUT2D eigenvalue weighted by molar-refractivity contribution is 5.28. The Morgan fingerprint density at radius 2 is 2.21 bits per heavy atom. The summed E-state index contributed by atoms with van der Waals surface area (Å²) in [6.45, 7) is 1.65. The highest BCUT2D eigenvalue weighted by atomic mass is 19.1. The number of fused-ring (bicyclic) bond motifs is 2. The van der Waals surface area contributed by atoms with E-state index in [9.17, 15) is 4.39 Å². The van der Waals surface area contributed by atoms with Crippen LogP contribution in [0, 0.1) is 23.6 Å². The van der Waals surface area contributed by atoms with Gasteiger partial charge in [0, 0.05) is 18.2 Å². The molecular weight excluding hydrogens is 241 g/mol. The van der Waals surface area contributed by atoms with Gasteiger partial charge in [-0.2, -0.15) is 0 Å². The van der Waals surface area contributed by atoms with Crippen LogP contribution in [0.3, 0.4) is 0 Å². The topological polar surface area (TPSA) is 21.3 Å². The zero-order valence-electron chi connectivity index (χ0n) is 11.5. The molecule has 0 radical (unpaired) electrons. The number of hydrogen-bond donors (Lipinski definition) is 1. The van der Waals surface area contributed by atoms with E-state index in [1.807, 2.05) is 12.1 Å². The van der Waals surface area contributed by atoms with Crippen LogP contribution in [0.1, 0.15) is 31.2 Å². The summed E-state index contributed by atoms with van der Waals surface area (Å²) in [5, 5.41) is 3.43. The summed E-state index contributed by atoms with van der Waals surface area (Å²) in [4.78, 5) is 0. The molecule has 0 aromatic heterocycles. The molecule has 2 aliphatic carbocycles. The molecule has 2 bridgehead atoms. The zero-order chi connectivity index (χ0) is 13.2. The summed E-state index contributed by atoms with van der Waals surface area (Å²) < 4.78 is 18.8. The van der Waals surface area contributed by atoms with Crippen molar-refractivity contribution in [3.8, 4) is 5.75 Å². The van der Waals surface area contributed by atoms with Gasteiger partial charge in [-0.1, -0.05) is 12.5 Å². The third kappa shape index (κ3) is 2.76. The van der Waals surface area contributed by atoms with E-state index in [2.05, 4.69) is 5.32 Å². The van der Waals surface area contributed by atoms with Crippen LogP contribution in [0.2, 0.25) is 0 Å². The Labute approximate surface area is 114 Å². The molecule has 1 aromatic carbocycles. The Balaban J connectivity index is 1.50. The smallest absolute Gasteiger partial charge is 0.131 e. The summed E-state index contributed by atoms with van der Waals surface area (Å²) in [5.41, 5.74) is 0.726. The monoisotopic (exact) mass is 263 g/mol. The summed E-state index contributed by atoms with van der Waals surface area (Å²) in [6, 6.07) is 5.08. The maximum absolute atomic E-state index is 13.8. The molecule has 104 valence electrons. The Hall–Kier alpha value is -1.09. The third-order valence-electron chi connectivity index (χ3n) is 4.87. The van der Waals surface area contributed by atoms with Gasteiger partial charge in [-0.15, -0.1) is 0 Å². The lowest BCUT2D eigenvalue weighted by Gasteiger charge is -2.22. The average molecular weight is 263 g/mol. The molecule has 3 unspecified atom stereocenters. The Kier molecular flexibility index (Phi) is 3.74. The lowest BCUT2D eigenvalue weighted by Crippen LogP contribution is -2.26. The van der Waals surface area contributed by atoms with Crippen LogP contribution < -0.4 is 10.1 Å². The fraction of sp³-hybridized carbons (Fsp3) is 0.625. The Morgan fingerprint density at radius 3 is 2.84 bits per heavy atom. The number of halogens is 1. The van der Waals surface area contributed by atoms with E-state index in [-0.39, 0.29) is 5.82 Å². The van der Waals surface area contributed by atoms with Gasteiger partial charge in [0.25, 0.3) is 0 Å². The van der Waals surface area contributed by atoms with E-state index in [4.69, 9.17) is 4.74 Å². The molecule has 1 N–H and O–H groups in total. The molecule has 0 saturated heterocycles. The second kappa shape index (κ2) is 5.49. The summed E-state index contributed by atoms with van der Waals surface area (Å²) in [6.07, 6.45) is 5.66.